The van der Waals surface area contributed by atoms with Crippen molar-refractivity contribution in [2.24, 2.45) is 5.84 Å². The molecule has 0 bridgehead atoms. The number of halogens is 1. The Labute approximate surface area is 90.2 Å². The molecule has 0 saturated carbocycles. The van der Waals surface area contributed by atoms with E-state index in [9.17, 15) is 4.79 Å². The molecule has 5 heteroatoms. The van der Waals surface area contributed by atoms with Crippen LogP contribution < -0.4 is 11.3 Å². The predicted molar refractivity (Wildman–Crippen MR) is 58.5 cm³/mol. The number of nitrogens with one attached hydrogen (secondary N) is 1. The zero-order valence-electron chi connectivity index (χ0n) is 6.75. The van der Waals surface area contributed by atoms with Gasteiger partial charge in [0.25, 0.3) is 5.91 Å². The Morgan fingerprint density at radius 2 is 2.31 bits per heavy atom. The van der Waals surface area contributed by atoms with E-state index < -0.39 is 0 Å². The summed E-state index contributed by atoms with van der Waals surface area (Å²) in [6.45, 7) is 0. The second-order valence-corrected chi connectivity index (χ2v) is 3.61. The lowest BCUT2D eigenvalue weighted by Gasteiger charge is -2.03. The fraction of sp³-hybridized carbons (Fsp3) is 0.125. The maximum absolute atomic E-state index is 11.1. The number of hydrogen-bond donors (Lipinski definition) is 3. The Balaban J connectivity index is 3.02. The average Bonchev–Trinajstić information content (AvgIpc) is 2.16. The number of thiol groups is 1. The standard InChI is InChI=1S/C8H9BrN2OS/c9-7-3-5(8(12)11-10)1-2-6(7)4-13/h1-3,13H,4,10H2,(H,11,12). The van der Waals surface area contributed by atoms with E-state index in [0.717, 1.165) is 10.0 Å². The highest BCUT2D eigenvalue weighted by Gasteiger charge is 2.05. The number of rotatable bonds is 2. The van der Waals surface area contributed by atoms with Gasteiger partial charge in [-0.1, -0.05) is 22.0 Å². The zero-order valence-corrected chi connectivity index (χ0v) is 9.23. The quantitative estimate of drug-likeness (QED) is 0.327. The highest BCUT2D eigenvalue weighted by atomic mass is 79.9. The lowest BCUT2D eigenvalue weighted by atomic mass is 10.1. The third-order valence-corrected chi connectivity index (χ3v) is 2.70. The van der Waals surface area contributed by atoms with Gasteiger partial charge < -0.3 is 0 Å². The van der Waals surface area contributed by atoms with Crippen LogP contribution in [-0.4, -0.2) is 5.91 Å². The van der Waals surface area contributed by atoms with Gasteiger partial charge in [0.15, 0.2) is 0 Å². The molecule has 1 amide bonds. The molecule has 0 aliphatic carbocycles. The maximum Gasteiger partial charge on any atom is 0.265 e. The molecule has 0 radical (unpaired) electrons. The summed E-state index contributed by atoms with van der Waals surface area (Å²) in [4.78, 5) is 11.1. The van der Waals surface area contributed by atoms with Gasteiger partial charge >= 0.3 is 0 Å². The second-order valence-electron chi connectivity index (χ2n) is 2.44. The fourth-order valence-electron chi connectivity index (χ4n) is 0.900. The summed E-state index contributed by atoms with van der Waals surface area (Å²) in [6, 6.07) is 5.26. The van der Waals surface area contributed by atoms with Gasteiger partial charge in [0, 0.05) is 15.8 Å². The first-order valence-corrected chi connectivity index (χ1v) is 5.02. The van der Waals surface area contributed by atoms with Crippen molar-refractivity contribution in [1.82, 2.24) is 5.43 Å². The summed E-state index contributed by atoms with van der Waals surface area (Å²) in [5.41, 5.74) is 3.63. The van der Waals surface area contributed by atoms with Crippen LogP contribution in [0.4, 0.5) is 0 Å². The van der Waals surface area contributed by atoms with Crippen molar-refractivity contribution in [2.75, 3.05) is 0 Å². The van der Waals surface area contributed by atoms with Crippen molar-refractivity contribution in [3.63, 3.8) is 0 Å². The Morgan fingerprint density at radius 1 is 1.62 bits per heavy atom. The molecule has 1 rings (SSSR count). The summed E-state index contributed by atoms with van der Waals surface area (Å²) < 4.78 is 0.864. The number of carbonyl (C=O) groups excluding carboxylic acids is 1. The normalized spacial score (nSPS) is 9.77. The molecule has 1 aromatic rings. The van der Waals surface area contributed by atoms with Gasteiger partial charge in [0.1, 0.15) is 0 Å². The van der Waals surface area contributed by atoms with E-state index >= 15 is 0 Å². The van der Waals surface area contributed by atoms with Gasteiger partial charge in [-0.15, -0.1) is 0 Å². The Morgan fingerprint density at radius 3 is 2.77 bits per heavy atom. The highest BCUT2D eigenvalue weighted by Crippen LogP contribution is 2.19. The largest absolute Gasteiger partial charge is 0.290 e. The number of hydrazine groups is 1. The lowest BCUT2D eigenvalue weighted by Crippen LogP contribution is -2.29. The van der Waals surface area contributed by atoms with E-state index in [0.29, 0.717) is 11.3 Å². The minimum atomic E-state index is -0.300. The van der Waals surface area contributed by atoms with Crippen LogP contribution in [0.1, 0.15) is 15.9 Å². The molecule has 0 aromatic heterocycles. The topological polar surface area (TPSA) is 55.1 Å². The molecule has 3 N–H and O–H groups in total. The van der Waals surface area contributed by atoms with Gasteiger partial charge in [-0.2, -0.15) is 12.6 Å². The van der Waals surface area contributed by atoms with E-state index in [1.165, 1.54) is 0 Å². The first kappa shape index (κ1) is 10.6. The number of nitrogen functional groups attached to an aromatic ring is 1. The molecule has 0 unspecified atom stereocenters. The summed E-state index contributed by atoms with van der Waals surface area (Å²) >= 11 is 7.47. The first-order chi connectivity index (χ1) is 6.19. The van der Waals surface area contributed by atoms with Crippen LogP contribution in [0, 0.1) is 0 Å². The Hall–Kier alpha value is -0.520. The van der Waals surface area contributed by atoms with Gasteiger partial charge in [0.05, 0.1) is 0 Å². The maximum atomic E-state index is 11.1. The highest BCUT2D eigenvalue weighted by molar-refractivity contribution is 9.10. The molecule has 0 saturated heterocycles. The van der Waals surface area contributed by atoms with E-state index in [-0.39, 0.29) is 5.91 Å². The van der Waals surface area contributed by atoms with E-state index in [4.69, 9.17) is 5.84 Å². The van der Waals surface area contributed by atoms with Crippen LogP contribution in [0.25, 0.3) is 0 Å². The minimum Gasteiger partial charge on any atom is -0.290 e. The predicted octanol–water partition coefficient (Wildman–Crippen LogP) is 1.48. The molecule has 0 spiro atoms. The van der Waals surface area contributed by atoms with Gasteiger partial charge in [-0.05, 0) is 17.7 Å². The van der Waals surface area contributed by atoms with Gasteiger partial charge in [0.2, 0.25) is 0 Å². The smallest absolute Gasteiger partial charge is 0.265 e. The summed E-state index contributed by atoms with van der Waals surface area (Å²) in [5.74, 6) is 5.33. The molecule has 0 fully saturated rings. The summed E-state index contributed by atoms with van der Waals surface area (Å²) in [5, 5.41) is 0. The number of amides is 1. The van der Waals surface area contributed by atoms with Gasteiger partial charge in [-0.25, -0.2) is 5.84 Å². The van der Waals surface area contributed by atoms with Crippen molar-refractivity contribution in [1.29, 1.82) is 0 Å². The van der Waals surface area contributed by atoms with Crippen LogP contribution in [0.5, 0.6) is 0 Å². The number of carbonyl (C=O) groups is 1. The number of benzene rings is 1. The number of hydrogen-bond acceptors (Lipinski definition) is 3. The third-order valence-electron chi connectivity index (χ3n) is 1.62. The first-order valence-electron chi connectivity index (χ1n) is 3.59. The molecule has 70 valence electrons. The number of nitrogens with two attached hydrogens (primary N) is 1. The molecule has 0 aliphatic rings. The van der Waals surface area contributed by atoms with Crippen LogP contribution in [-0.2, 0) is 5.75 Å². The molecular formula is C8H9BrN2OS. The van der Waals surface area contributed by atoms with Crippen molar-refractivity contribution < 1.29 is 4.79 Å². The van der Waals surface area contributed by atoms with Crippen LogP contribution in [0.15, 0.2) is 22.7 Å². The van der Waals surface area contributed by atoms with E-state index in [1.807, 2.05) is 6.07 Å². The lowest BCUT2D eigenvalue weighted by molar-refractivity contribution is 0.0953. The molecule has 0 aliphatic heterocycles. The fourth-order valence-corrected chi connectivity index (χ4v) is 1.91. The van der Waals surface area contributed by atoms with Crippen molar-refractivity contribution in [2.45, 2.75) is 5.75 Å². The van der Waals surface area contributed by atoms with Crippen molar-refractivity contribution in [3.8, 4) is 0 Å². The SMILES string of the molecule is NNC(=O)c1ccc(CS)c(Br)c1. The Bertz CT molecular complexity index is 330. The average molecular weight is 261 g/mol. The van der Waals surface area contributed by atoms with Crippen LogP contribution in [0.3, 0.4) is 0 Å². The van der Waals surface area contributed by atoms with Crippen LogP contribution in [0.2, 0.25) is 0 Å². The van der Waals surface area contributed by atoms with Crippen molar-refractivity contribution >= 4 is 34.5 Å². The van der Waals surface area contributed by atoms with E-state index in [1.54, 1.807) is 12.1 Å². The van der Waals surface area contributed by atoms with Crippen LogP contribution >= 0.6 is 28.6 Å². The minimum absolute atomic E-state index is 0.300. The van der Waals surface area contributed by atoms with Gasteiger partial charge in [-0.3, -0.25) is 10.2 Å². The second kappa shape index (κ2) is 4.64. The van der Waals surface area contributed by atoms with Crippen molar-refractivity contribution in [3.05, 3.63) is 33.8 Å². The molecular weight excluding hydrogens is 252 g/mol. The molecule has 0 atom stereocenters. The zero-order chi connectivity index (χ0) is 9.84. The Kier molecular flexibility index (Phi) is 3.77. The molecule has 0 heterocycles. The summed E-state index contributed by atoms with van der Waals surface area (Å²) in [7, 11) is 0. The molecule has 13 heavy (non-hydrogen) atoms. The third kappa shape index (κ3) is 2.46. The monoisotopic (exact) mass is 260 g/mol. The van der Waals surface area contributed by atoms with E-state index in [2.05, 4.69) is 34.0 Å². The molecule has 1 aromatic carbocycles. The summed E-state index contributed by atoms with van der Waals surface area (Å²) in [6.07, 6.45) is 0. The molecule has 3 nitrogen and oxygen atoms in total.